The van der Waals surface area contributed by atoms with E-state index in [9.17, 15) is 22.9 Å². The first-order valence-electron chi connectivity index (χ1n) is 3.00. The van der Waals surface area contributed by atoms with Gasteiger partial charge in [-0.25, -0.2) is 4.79 Å². The second kappa shape index (κ2) is 3.92. The molecule has 1 amide bonds. The van der Waals surface area contributed by atoms with Crippen LogP contribution in [0.4, 0.5) is 13.3 Å². The minimum Gasteiger partial charge on any atom is -0.429 e. The fourth-order valence-corrected chi connectivity index (χ4v) is 0.424. The summed E-state index contributed by atoms with van der Waals surface area (Å²) in [4.78, 5) is 20.5. The lowest BCUT2D eigenvalue weighted by Crippen LogP contribution is -2.45. The van der Waals surface area contributed by atoms with Crippen LogP contribution in [0.25, 0.3) is 0 Å². The highest BCUT2D eigenvalue weighted by atomic mass is 19.3. The lowest BCUT2D eigenvalue weighted by Gasteiger charge is -2.18. The van der Waals surface area contributed by atoms with Gasteiger partial charge >= 0.3 is 12.0 Å². The van der Waals surface area contributed by atoms with Crippen molar-refractivity contribution in [2.75, 3.05) is 0 Å². The van der Waals surface area contributed by atoms with Gasteiger partial charge in [-0.2, -0.15) is 8.78 Å². The second-order valence-corrected chi connectivity index (χ2v) is 1.91. The average Bonchev–Trinajstić information content (AvgIpc) is 2.03. The highest BCUT2D eigenvalue weighted by Crippen LogP contribution is 2.22. The largest absolute Gasteiger partial charge is 0.452 e. The second-order valence-electron chi connectivity index (χ2n) is 1.91. The summed E-state index contributed by atoms with van der Waals surface area (Å²) in [6, 6.07) is -4.62. The van der Waals surface area contributed by atoms with Gasteiger partial charge in [-0.1, -0.05) is 11.1 Å². The number of halogens is 3. The van der Waals surface area contributed by atoms with Gasteiger partial charge in [-0.15, -0.1) is 5.12 Å². The number of carbonyl (C=O) groups excluding carboxylic acids is 2. The molecule has 74 valence electrons. The van der Waals surface area contributed by atoms with Crippen LogP contribution in [0.3, 0.4) is 0 Å². The molecule has 0 N–H and O–H groups in total. The Bertz CT molecular complexity index is 241. The van der Waals surface area contributed by atoms with Gasteiger partial charge in [0.25, 0.3) is 5.91 Å². The van der Waals surface area contributed by atoms with Crippen LogP contribution in [-0.4, -0.2) is 23.0 Å². The molecule has 7 heteroatoms. The Balaban J connectivity index is 4.63. The maximum Gasteiger partial charge on any atom is 0.452 e. The first kappa shape index (κ1) is 11.5. The molecule has 0 rings (SSSR count). The summed E-state index contributed by atoms with van der Waals surface area (Å²) in [5.74, 6) is -3.81. The Morgan fingerprint density at radius 1 is 1.54 bits per heavy atom. The van der Waals surface area contributed by atoms with Gasteiger partial charge in [0.05, 0.1) is 6.26 Å². The molecule has 0 saturated carbocycles. The van der Waals surface area contributed by atoms with E-state index in [-0.39, 0.29) is 0 Å². The summed E-state index contributed by atoms with van der Waals surface area (Å²) < 4.78 is 40.8. The first-order valence-corrected chi connectivity index (χ1v) is 3.00. The molecule has 0 aromatic heterocycles. The third-order valence-electron chi connectivity index (χ3n) is 0.959. The maximum absolute atomic E-state index is 12.5. The van der Waals surface area contributed by atoms with Crippen LogP contribution in [0, 0.1) is 0 Å². The van der Waals surface area contributed by atoms with Crippen molar-refractivity contribution in [3.05, 3.63) is 12.8 Å². The Labute approximate surface area is 71.5 Å². The lowest BCUT2D eigenvalue weighted by molar-refractivity contribution is -0.238. The van der Waals surface area contributed by atoms with Gasteiger partial charge in [0.1, 0.15) is 0 Å². The Morgan fingerprint density at radius 2 is 2.00 bits per heavy atom. The zero-order chi connectivity index (χ0) is 10.6. The molecule has 0 aliphatic heterocycles. The number of amides is 1. The van der Waals surface area contributed by atoms with Crippen LogP contribution in [-0.2, 0) is 14.3 Å². The maximum atomic E-state index is 12.5. The average molecular weight is 197 g/mol. The van der Waals surface area contributed by atoms with E-state index in [1.807, 2.05) is 0 Å². The Kier molecular flexibility index (Phi) is 3.46. The minimum atomic E-state index is -4.62. The molecule has 0 atom stereocenters. The molecule has 0 aromatic carbocycles. The minimum absolute atomic E-state index is 0.407. The molecule has 0 aliphatic rings. The van der Waals surface area contributed by atoms with E-state index in [1.54, 1.807) is 0 Å². The number of hydrogen-bond donors (Lipinski definition) is 0. The fraction of sp³-hybridized carbons (Fsp3) is 0.333. The van der Waals surface area contributed by atoms with Gasteiger partial charge in [-0.3, -0.25) is 4.79 Å². The van der Waals surface area contributed by atoms with E-state index in [0.29, 0.717) is 13.2 Å². The Morgan fingerprint density at radius 3 is 2.31 bits per heavy atom. The molecule has 0 bridgehead atoms. The standard InChI is InChI=1S/C6H6F3NO3/c1-3-13-5(12)6(7,8)10(9)4(2)11/h3H,1H2,2H3. The zero-order valence-corrected chi connectivity index (χ0v) is 6.59. The van der Waals surface area contributed by atoms with Gasteiger partial charge in [0.15, 0.2) is 0 Å². The molecule has 0 spiro atoms. The molecule has 0 fully saturated rings. The lowest BCUT2D eigenvalue weighted by atomic mass is 10.5. The predicted octanol–water partition coefficient (Wildman–Crippen LogP) is 0.999. The molecule has 4 nitrogen and oxygen atoms in total. The quantitative estimate of drug-likeness (QED) is 0.293. The molecule has 0 saturated heterocycles. The van der Waals surface area contributed by atoms with Crippen LogP contribution in [0.15, 0.2) is 12.8 Å². The summed E-state index contributed by atoms with van der Waals surface area (Å²) in [7, 11) is 0. The normalized spacial score (nSPS) is 10.5. The van der Waals surface area contributed by atoms with Crippen molar-refractivity contribution in [1.29, 1.82) is 0 Å². The third kappa shape index (κ3) is 2.46. The van der Waals surface area contributed by atoms with Crippen LogP contribution >= 0.6 is 0 Å². The number of ether oxygens (including phenoxy) is 1. The number of alkyl halides is 2. The van der Waals surface area contributed by atoms with E-state index in [4.69, 9.17) is 0 Å². The summed E-state index contributed by atoms with van der Waals surface area (Å²) in [5, 5.41) is -1.52. The summed E-state index contributed by atoms with van der Waals surface area (Å²) in [5.41, 5.74) is 0. The highest BCUT2D eigenvalue weighted by Gasteiger charge is 2.50. The van der Waals surface area contributed by atoms with Crippen molar-refractivity contribution in [2.24, 2.45) is 0 Å². The van der Waals surface area contributed by atoms with Gasteiger partial charge < -0.3 is 4.74 Å². The summed E-state index contributed by atoms with van der Waals surface area (Å²) in [6.45, 7) is 3.35. The van der Waals surface area contributed by atoms with Crippen molar-refractivity contribution in [1.82, 2.24) is 5.12 Å². The summed E-state index contributed by atoms with van der Waals surface area (Å²) >= 11 is 0. The highest BCUT2D eigenvalue weighted by molar-refractivity contribution is 5.83. The number of hydrogen-bond acceptors (Lipinski definition) is 3. The number of rotatable bonds is 3. The third-order valence-corrected chi connectivity index (χ3v) is 0.959. The predicted molar refractivity (Wildman–Crippen MR) is 34.9 cm³/mol. The van der Waals surface area contributed by atoms with E-state index in [0.717, 1.165) is 0 Å². The van der Waals surface area contributed by atoms with Gasteiger partial charge in [0.2, 0.25) is 0 Å². The van der Waals surface area contributed by atoms with Crippen LogP contribution in [0.5, 0.6) is 0 Å². The van der Waals surface area contributed by atoms with E-state index in [2.05, 4.69) is 11.3 Å². The number of esters is 1. The molecule has 0 aromatic rings. The van der Waals surface area contributed by atoms with Crippen molar-refractivity contribution >= 4 is 11.9 Å². The number of carbonyl (C=O) groups is 2. The zero-order valence-electron chi connectivity index (χ0n) is 6.59. The SMILES string of the molecule is C=COC(=O)C(F)(F)N(F)C(C)=O. The van der Waals surface area contributed by atoms with Crippen LogP contribution in [0.1, 0.15) is 6.92 Å². The van der Waals surface area contributed by atoms with Crippen molar-refractivity contribution in [2.45, 2.75) is 13.0 Å². The smallest absolute Gasteiger partial charge is 0.429 e. The van der Waals surface area contributed by atoms with Crippen molar-refractivity contribution in [3.63, 3.8) is 0 Å². The molecule has 0 unspecified atom stereocenters. The molecule has 0 aliphatic carbocycles. The number of nitrogens with zero attached hydrogens (tertiary/aromatic N) is 1. The van der Waals surface area contributed by atoms with Crippen molar-refractivity contribution < 1.29 is 27.6 Å². The molecule has 0 heterocycles. The van der Waals surface area contributed by atoms with E-state index >= 15 is 0 Å². The fourth-order valence-electron chi connectivity index (χ4n) is 0.424. The molecule has 13 heavy (non-hydrogen) atoms. The molecular weight excluding hydrogens is 191 g/mol. The monoisotopic (exact) mass is 197 g/mol. The summed E-state index contributed by atoms with van der Waals surface area (Å²) in [6.07, 6.45) is 0.407. The topological polar surface area (TPSA) is 46.6 Å². The van der Waals surface area contributed by atoms with Crippen LogP contribution in [0.2, 0.25) is 0 Å². The Hall–Kier alpha value is -1.53. The van der Waals surface area contributed by atoms with E-state index in [1.165, 1.54) is 0 Å². The van der Waals surface area contributed by atoms with E-state index < -0.39 is 23.0 Å². The molecule has 0 radical (unpaired) electrons. The van der Waals surface area contributed by atoms with Gasteiger partial charge in [-0.05, 0) is 0 Å². The van der Waals surface area contributed by atoms with Crippen molar-refractivity contribution in [3.8, 4) is 0 Å². The first-order chi connectivity index (χ1) is 5.84. The van der Waals surface area contributed by atoms with Crippen LogP contribution < -0.4 is 0 Å². The molecular formula is C6H6F3NO3. The van der Waals surface area contributed by atoms with Gasteiger partial charge in [0, 0.05) is 6.92 Å².